The lowest BCUT2D eigenvalue weighted by Gasteiger charge is -1.96. The highest BCUT2D eigenvalue weighted by molar-refractivity contribution is 8.27. The van der Waals surface area contributed by atoms with E-state index in [1.54, 1.807) is 11.8 Å². The maximum Gasteiger partial charge on any atom is 0.0752 e. The molecular formula is C3H2S2. The molecule has 1 aliphatic rings. The van der Waals surface area contributed by atoms with Crippen LogP contribution in [0.4, 0.5) is 0 Å². The van der Waals surface area contributed by atoms with Crippen molar-refractivity contribution in [1.29, 1.82) is 0 Å². The molecule has 1 heterocycles. The second kappa shape index (κ2) is 1.11. The largest absolute Gasteiger partial charge is 0.0862 e. The summed E-state index contributed by atoms with van der Waals surface area (Å²) >= 11 is 6.27. The van der Waals surface area contributed by atoms with Gasteiger partial charge in [0, 0.05) is 0 Å². The first-order valence-corrected chi connectivity index (χ1v) is 2.55. The highest BCUT2D eigenvalue weighted by atomic mass is 32.2. The molecule has 0 bridgehead atoms. The minimum atomic E-state index is 1.00. The highest BCUT2D eigenvalue weighted by Crippen LogP contribution is 2.16. The van der Waals surface area contributed by atoms with Gasteiger partial charge in [0.05, 0.1) is 4.20 Å². The first-order valence-electron chi connectivity index (χ1n) is 1.27. The van der Waals surface area contributed by atoms with Gasteiger partial charge in [-0.2, -0.15) is 0 Å². The zero-order chi connectivity index (χ0) is 3.70. The van der Waals surface area contributed by atoms with Crippen LogP contribution in [0.2, 0.25) is 0 Å². The molecule has 2 heteroatoms. The fourth-order valence-electron chi connectivity index (χ4n) is 0.124. The fraction of sp³-hybridized carbons (Fsp3) is 0. The molecule has 0 saturated heterocycles. The quantitative estimate of drug-likeness (QED) is 0.426. The molecule has 0 atom stereocenters. The SMILES string of the molecule is S=C1C=CS1. The summed E-state index contributed by atoms with van der Waals surface area (Å²) < 4.78 is 1.00. The third-order valence-electron chi connectivity index (χ3n) is 0.388. The lowest BCUT2D eigenvalue weighted by Crippen LogP contribution is -1.83. The molecule has 5 heavy (non-hydrogen) atoms. The zero-order valence-electron chi connectivity index (χ0n) is 2.47. The van der Waals surface area contributed by atoms with Crippen LogP contribution in [0.3, 0.4) is 0 Å². The summed E-state index contributed by atoms with van der Waals surface area (Å²) in [7, 11) is 0. The summed E-state index contributed by atoms with van der Waals surface area (Å²) in [4.78, 5) is 0. The molecule has 0 nitrogen and oxygen atoms in total. The average Bonchev–Trinajstić information content (AvgIpc) is 1.30. The molecule has 0 N–H and O–H groups in total. The van der Waals surface area contributed by atoms with Gasteiger partial charge in [-0.3, -0.25) is 0 Å². The molecule has 1 aliphatic heterocycles. The van der Waals surface area contributed by atoms with Crippen LogP contribution in [-0.2, 0) is 0 Å². The lowest BCUT2D eigenvalue weighted by molar-refractivity contribution is 2.40. The van der Waals surface area contributed by atoms with Gasteiger partial charge in [-0.1, -0.05) is 24.0 Å². The third kappa shape index (κ3) is 0.520. The van der Waals surface area contributed by atoms with Crippen LogP contribution >= 0.6 is 24.0 Å². The van der Waals surface area contributed by atoms with Gasteiger partial charge in [-0.25, -0.2) is 0 Å². The Balaban J connectivity index is 2.71. The second-order valence-electron chi connectivity index (χ2n) is 0.740. The minimum Gasteiger partial charge on any atom is -0.0862 e. The molecule has 0 unspecified atom stereocenters. The predicted octanol–water partition coefficient (Wildman–Crippen LogP) is 1.57. The molecule has 0 radical (unpaired) electrons. The van der Waals surface area contributed by atoms with Crippen molar-refractivity contribution in [2.24, 2.45) is 0 Å². The molecule has 0 spiro atoms. The molecule has 0 amide bonds. The van der Waals surface area contributed by atoms with Crippen LogP contribution in [0.1, 0.15) is 0 Å². The standard InChI is InChI=1S/C3H2S2/c4-3-1-2-5-3/h1-2H. The third-order valence-corrected chi connectivity index (χ3v) is 1.45. The van der Waals surface area contributed by atoms with Crippen molar-refractivity contribution >= 4 is 28.2 Å². The van der Waals surface area contributed by atoms with Crippen molar-refractivity contribution in [2.75, 3.05) is 0 Å². The van der Waals surface area contributed by atoms with E-state index in [9.17, 15) is 0 Å². The van der Waals surface area contributed by atoms with Gasteiger partial charge < -0.3 is 0 Å². The molecule has 0 aromatic carbocycles. The van der Waals surface area contributed by atoms with Crippen LogP contribution < -0.4 is 0 Å². The second-order valence-corrected chi connectivity index (χ2v) is 2.39. The molecule has 0 aromatic rings. The topological polar surface area (TPSA) is 0 Å². The normalized spacial score (nSPS) is 18.8. The van der Waals surface area contributed by atoms with Crippen molar-refractivity contribution in [3.8, 4) is 0 Å². The average molecular weight is 102 g/mol. The van der Waals surface area contributed by atoms with E-state index in [0.717, 1.165) is 4.20 Å². The van der Waals surface area contributed by atoms with Gasteiger partial charge in [0.1, 0.15) is 0 Å². The first-order chi connectivity index (χ1) is 2.39. The number of thiocarbonyl (C=S) groups is 1. The Labute approximate surface area is 40.3 Å². The van der Waals surface area contributed by atoms with Crippen LogP contribution in [0.25, 0.3) is 0 Å². The number of rotatable bonds is 0. The van der Waals surface area contributed by atoms with Gasteiger partial charge >= 0.3 is 0 Å². The first kappa shape index (κ1) is 3.37. The van der Waals surface area contributed by atoms with E-state index >= 15 is 0 Å². The van der Waals surface area contributed by atoms with E-state index in [-0.39, 0.29) is 0 Å². The summed E-state index contributed by atoms with van der Waals surface area (Å²) in [5, 5.41) is 1.97. The maximum atomic E-state index is 4.66. The predicted molar refractivity (Wildman–Crippen MR) is 29.3 cm³/mol. The summed E-state index contributed by atoms with van der Waals surface area (Å²) in [6.45, 7) is 0. The highest BCUT2D eigenvalue weighted by Gasteiger charge is 1.94. The molecule has 0 saturated carbocycles. The Morgan fingerprint density at radius 1 is 1.80 bits per heavy atom. The fourth-order valence-corrected chi connectivity index (χ4v) is 0.704. The molecule has 0 aromatic heterocycles. The maximum absolute atomic E-state index is 4.66. The van der Waals surface area contributed by atoms with E-state index < -0.39 is 0 Å². The minimum absolute atomic E-state index is 1.00. The van der Waals surface area contributed by atoms with Crippen molar-refractivity contribution in [3.63, 3.8) is 0 Å². The van der Waals surface area contributed by atoms with Crippen molar-refractivity contribution < 1.29 is 0 Å². The Hall–Kier alpha value is 0.180. The van der Waals surface area contributed by atoms with E-state index in [1.165, 1.54) is 0 Å². The summed E-state index contributed by atoms with van der Waals surface area (Å²) in [5.41, 5.74) is 0. The molecule has 0 fully saturated rings. The summed E-state index contributed by atoms with van der Waals surface area (Å²) in [5.74, 6) is 0. The van der Waals surface area contributed by atoms with E-state index in [1.807, 2.05) is 11.5 Å². The van der Waals surface area contributed by atoms with E-state index in [4.69, 9.17) is 0 Å². The number of hydrogen-bond acceptors (Lipinski definition) is 2. The molecule has 0 aliphatic carbocycles. The van der Waals surface area contributed by atoms with Gasteiger partial charge in [-0.05, 0) is 11.5 Å². The number of thioether (sulfide) groups is 1. The van der Waals surface area contributed by atoms with Gasteiger partial charge in [0.2, 0.25) is 0 Å². The molecule has 1 rings (SSSR count). The Kier molecular flexibility index (Phi) is 0.747. The van der Waals surface area contributed by atoms with Crippen molar-refractivity contribution in [1.82, 2.24) is 0 Å². The van der Waals surface area contributed by atoms with Crippen LogP contribution in [-0.4, -0.2) is 4.20 Å². The molecular weight excluding hydrogens is 100 g/mol. The van der Waals surface area contributed by atoms with E-state index in [2.05, 4.69) is 12.2 Å². The summed E-state index contributed by atoms with van der Waals surface area (Å²) in [6, 6.07) is 0. The summed E-state index contributed by atoms with van der Waals surface area (Å²) in [6.07, 6.45) is 1.92. The Morgan fingerprint density at radius 3 is 2.20 bits per heavy atom. The van der Waals surface area contributed by atoms with Crippen molar-refractivity contribution in [2.45, 2.75) is 0 Å². The Morgan fingerprint density at radius 2 is 2.20 bits per heavy atom. The lowest BCUT2D eigenvalue weighted by atomic mass is 10.7. The van der Waals surface area contributed by atoms with Crippen LogP contribution in [0.5, 0.6) is 0 Å². The zero-order valence-corrected chi connectivity index (χ0v) is 4.10. The van der Waals surface area contributed by atoms with Gasteiger partial charge in [-0.15, -0.1) is 0 Å². The monoisotopic (exact) mass is 102 g/mol. The van der Waals surface area contributed by atoms with Gasteiger partial charge in [0.25, 0.3) is 0 Å². The van der Waals surface area contributed by atoms with Crippen LogP contribution in [0, 0.1) is 0 Å². The van der Waals surface area contributed by atoms with Gasteiger partial charge in [0.15, 0.2) is 0 Å². The number of hydrogen-bond donors (Lipinski definition) is 0. The van der Waals surface area contributed by atoms with Crippen LogP contribution in [0.15, 0.2) is 11.5 Å². The molecule has 26 valence electrons. The van der Waals surface area contributed by atoms with Crippen molar-refractivity contribution in [3.05, 3.63) is 11.5 Å². The Bertz CT molecular complexity index is 82.9. The van der Waals surface area contributed by atoms with E-state index in [0.29, 0.717) is 0 Å². The smallest absolute Gasteiger partial charge is 0.0752 e.